The summed E-state index contributed by atoms with van der Waals surface area (Å²) in [4.78, 5) is 26.4. The Kier molecular flexibility index (Phi) is 6.06. The standard InChI is InChI=1S/C21H22N4O3/c1-24(2)17-10-8-16(9-11-17)22-21(27)19-12-13-20(26)25(23-19)14-15-28-18-6-4-3-5-7-18/h3-13H,14-15H2,1-2H3,(H,22,27). The van der Waals surface area contributed by atoms with E-state index in [1.54, 1.807) is 0 Å². The van der Waals surface area contributed by atoms with Crippen molar-refractivity contribution >= 4 is 17.3 Å². The first kappa shape index (κ1) is 19.2. The van der Waals surface area contributed by atoms with E-state index in [2.05, 4.69) is 10.4 Å². The predicted molar refractivity (Wildman–Crippen MR) is 109 cm³/mol. The van der Waals surface area contributed by atoms with Crippen molar-refractivity contribution in [3.05, 3.63) is 82.8 Å². The number of carbonyl (C=O) groups excluding carboxylic acids is 1. The van der Waals surface area contributed by atoms with Crippen LogP contribution < -0.4 is 20.5 Å². The van der Waals surface area contributed by atoms with Crippen LogP contribution in [-0.2, 0) is 6.54 Å². The fourth-order valence-electron chi connectivity index (χ4n) is 2.53. The van der Waals surface area contributed by atoms with Crippen molar-refractivity contribution in [1.29, 1.82) is 0 Å². The van der Waals surface area contributed by atoms with Gasteiger partial charge in [0, 0.05) is 31.5 Å². The van der Waals surface area contributed by atoms with Crippen LogP contribution in [0.1, 0.15) is 10.5 Å². The molecule has 0 unspecified atom stereocenters. The Morgan fingerprint density at radius 3 is 2.43 bits per heavy atom. The number of amides is 1. The summed E-state index contributed by atoms with van der Waals surface area (Å²) in [5, 5.41) is 6.94. The average Bonchev–Trinajstić information content (AvgIpc) is 2.70. The predicted octanol–water partition coefficient (Wildman–Crippen LogP) is 2.64. The summed E-state index contributed by atoms with van der Waals surface area (Å²) in [7, 11) is 3.89. The van der Waals surface area contributed by atoms with Gasteiger partial charge in [-0.25, -0.2) is 4.68 Å². The number of nitrogens with one attached hydrogen (secondary N) is 1. The van der Waals surface area contributed by atoms with Gasteiger partial charge in [-0.1, -0.05) is 18.2 Å². The third-order valence-electron chi connectivity index (χ3n) is 4.06. The van der Waals surface area contributed by atoms with Crippen LogP contribution in [0.2, 0.25) is 0 Å². The van der Waals surface area contributed by atoms with Crippen molar-refractivity contribution < 1.29 is 9.53 Å². The van der Waals surface area contributed by atoms with E-state index in [1.165, 1.54) is 16.8 Å². The molecule has 3 rings (SSSR count). The molecule has 0 fully saturated rings. The zero-order chi connectivity index (χ0) is 19.9. The highest BCUT2D eigenvalue weighted by Gasteiger charge is 2.10. The lowest BCUT2D eigenvalue weighted by atomic mass is 10.2. The van der Waals surface area contributed by atoms with Crippen LogP contribution in [0.4, 0.5) is 11.4 Å². The van der Waals surface area contributed by atoms with E-state index in [0.29, 0.717) is 11.4 Å². The fraction of sp³-hybridized carbons (Fsp3) is 0.190. The number of aromatic nitrogens is 2. The SMILES string of the molecule is CN(C)c1ccc(NC(=O)c2ccc(=O)n(CCOc3ccccc3)n2)cc1. The molecule has 0 saturated heterocycles. The molecule has 1 heterocycles. The van der Waals surface area contributed by atoms with E-state index in [4.69, 9.17) is 4.74 Å². The van der Waals surface area contributed by atoms with Crippen molar-refractivity contribution in [2.45, 2.75) is 6.54 Å². The maximum atomic E-state index is 12.5. The number of ether oxygens (including phenoxy) is 1. The molecule has 7 heteroatoms. The molecule has 0 bridgehead atoms. The number of hydrogen-bond acceptors (Lipinski definition) is 5. The van der Waals surface area contributed by atoms with E-state index in [9.17, 15) is 9.59 Å². The summed E-state index contributed by atoms with van der Waals surface area (Å²) < 4.78 is 6.82. The highest BCUT2D eigenvalue weighted by Crippen LogP contribution is 2.16. The van der Waals surface area contributed by atoms with Gasteiger partial charge in [0.15, 0.2) is 0 Å². The topological polar surface area (TPSA) is 76.5 Å². The van der Waals surface area contributed by atoms with Crippen LogP contribution in [0.5, 0.6) is 5.75 Å². The van der Waals surface area contributed by atoms with Crippen LogP contribution >= 0.6 is 0 Å². The van der Waals surface area contributed by atoms with Gasteiger partial charge >= 0.3 is 0 Å². The smallest absolute Gasteiger partial charge is 0.276 e. The molecule has 0 radical (unpaired) electrons. The molecule has 0 spiro atoms. The molecular formula is C21H22N4O3. The molecule has 0 aliphatic rings. The number of rotatable bonds is 7. The zero-order valence-corrected chi connectivity index (χ0v) is 15.8. The molecule has 7 nitrogen and oxygen atoms in total. The van der Waals surface area contributed by atoms with Crippen LogP contribution in [0.15, 0.2) is 71.5 Å². The highest BCUT2D eigenvalue weighted by atomic mass is 16.5. The van der Waals surface area contributed by atoms with Crippen molar-refractivity contribution in [3.63, 3.8) is 0 Å². The molecule has 144 valence electrons. The van der Waals surface area contributed by atoms with Gasteiger partial charge < -0.3 is 15.0 Å². The van der Waals surface area contributed by atoms with Gasteiger partial charge in [0.2, 0.25) is 0 Å². The molecule has 1 N–H and O–H groups in total. The number of hydrogen-bond donors (Lipinski definition) is 1. The molecule has 0 atom stereocenters. The molecule has 3 aromatic rings. The second-order valence-corrected chi connectivity index (χ2v) is 6.34. The number of benzene rings is 2. The summed E-state index contributed by atoms with van der Waals surface area (Å²) >= 11 is 0. The monoisotopic (exact) mass is 378 g/mol. The molecular weight excluding hydrogens is 356 g/mol. The van der Waals surface area contributed by atoms with E-state index in [1.807, 2.05) is 73.6 Å². The molecule has 0 aliphatic heterocycles. The van der Waals surface area contributed by atoms with Crippen molar-refractivity contribution in [3.8, 4) is 5.75 Å². The average molecular weight is 378 g/mol. The lowest BCUT2D eigenvalue weighted by Gasteiger charge is -2.13. The second-order valence-electron chi connectivity index (χ2n) is 6.34. The minimum Gasteiger partial charge on any atom is -0.492 e. The first-order valence-corrected chi connectivity index (χ1v) is 8.88. The maximum Gasteiger partial charge on any atom is 0.276 e. The molecule has 1 amide bonds. The van der Waals surface area contributed by atoms with Crippen molar-refractivity contribution in [2.75, 3.05) is 30.9 Å². The molecule has 28 heavy (non-hydrogen) atoms. The van der Waals surface area contributed by atoms with Gasteiger partial charge in [0.25, 0.3) is 11.5 Å². The Labute approximate surface area is 163 Å². The molecule has 0 aliphatic carbocycles. The van der Waals surface area contributed by atoms with Crippen LogP contribution in [0, 0.1) is 0 Å². The Hall–Kier alpha value is -3.61. The Morgan fingerprint density at radius 2 is 1.75 bits per heavy atom. The molecule has 0 saturated carbocycles. The van der Waals surface area contributed by atoms with E-state index < -0.39 is 0 Å². The summed E-state index contributed by atoms with van der Waals surface area (Å²) in [6.45, 7) is 0.514. The third-order valence-corrected chi connectivity index (χ3v) is 4.06. The number of para-hydroxylation sites is 1. The summed E-state index contributed by atoms with van der Waals surface area (Å²) in [6, 6.07) is 19.5. The third kappa shape index (κ3) is 4.97. The Bertz CT molecular complexity index is 983. The number of anilines is 2. The first-order valence-electron chi connectivity index (χ1n) is 8.88. The van der Waals surface area contributed by atoms with Gasteiger partial charge in [-0.15, -0.1) is 0 Å². The Morgan fingerprint density at radius 1 is 1.04 bits per heavy atom. The zero-order valence-electron chi connectivity index (χ0n) is 15.8. The van der Waals surface area contributed by atoms with Crippen molar-refractivity contribution in [2.24, 2.45) is 0 Å². The lowest BCUT2D eigenvalue weighted by molar-refractivity contribution is 0.101. The van der Waals surface area contributed by atoms with Gasteiger partial charge in [-0.05, 0) is 42.5 Å². The van der Waals surface area contributed by atoms with Crippen LogP contribution in [-0.4, -0.2) is 36.4 Å². The largest absolute Gasteiger partial charge is 0.492 e. The van der Waals surface area contributed by atoms with E-state index >= 15 is 0 Å². The van der Waals surface area contributed by atoms with E-state index in [-0.39, 0.29) is 30.3 Å². The van der Waals surface area contributed by atoms with Gasteiger partial charge in [0.1, 0.15) is 18.1 Å². The van der Waals surface area contributed by atoms with Crippen LogP contribution in [0.25, 0.3) is 0 Å². The maximum absolute atomic E-state index is 12.5. The molecule has 1 aromatic heterocycles. The first-order chi connectivity index (χ1) is 13.5. The van der Waals surface area contributed by atoms with Gasteiger partial charge in [-0.3, -0.25) is 9.59 Å². The van der Waals surface area contributed by atoms with Gasteiger partial charge in [0.05, 0.1) is 6.54 Å². The summed E-state index contributed by atoms with van der Waals surface area (Å²) in [5.41, 5.74) is 1.56. The minimum atomic E-state index is -0.379. The fourth-order valence-corrected chi connectivity index (χ4v) is 2.53. The van der Waals surface area contributed by atoms with E-state index in [0.717, 1.165) is 5.69 Å². The molecule has 2 aromatic carbocycles. The normalized spacial score (nSPS) is 10.4. The lowest BCUT2D eigenvalue weighted by Crippen LogP contribution is -2.28. The highest BCUT2D eigenvalue weighted by molar-refractivity contribution is 6.02. The van der Waals surface area contributed by atoms with Crippen molar-refractivity contribution in [1.82, 2.24) is 9.78 Å². The number of nitrogens with zero attached hydrogens (tertiary/aromatic N) is 3. The van der Waals surface area contributed by atoms with Gasteiger partial charge in [-0.2, -0.15) is 5.10 Å². The van der Waals surface area contributed by atoms with Crippen LogP contribution in [0.3, 0.4) is 0 Å². The number of carbonyl (C=O) groups is 1. The Balaban J connectivity index is 1.64. The minimum absolute atomic E-state index is 0.163. The summed E-state index contributed by atoms with van der Waals surface area (Å²) in [5.74, 6) is 0.334. The summed E-state index contributed by atoms with van der Waals surface area (Å²) in [6.07, 6.45) is 0. The second kappa shape index (κ2) is 8.85. The quantitative estimate of drug-likeness (QED) is 0.684.